The van der Waals surface area contributed by atoms with Gasteiger partial charge in [-0.3, -0.25) is 0 Å². The first kappa shape index (κ1) is 16.8. The number of halogens is 2. The van der Waals surface area contributed by atoms with Crippen molar-refractivity contribution in [1.82, 2.24) is 0 Å². The molecule has 0 heterocycles. The van der Waals surface area contributed by atoms with E-state index in [9.17, 15) is 0 Å². The minimum absolute atomic E-state index is 0. The Labute approximate surface area is 134 Å². The van der Waals surface area contributed by atoms with Crippen LogP contribution in [0.5, 0.6) is 0 Å². The second-order valence-electron chi connectivity index (χ2n) is 4.49. The average Bonchev–Trinajstić information content (AvgIpc) is 2.44. The normalized spacial score (nSPS) is 21.1. The summed E-state index contributed by atoms with van der Waals surface area (Å²) in [4.78, 5) is 0. The molecule has 0 saturated heterocycles. The van der Waals surface area contributed by atoms with Crippen molar-refractivity contribution in [3.63, 3.8) is 0 Å². The first-order valence-electron chi connectivity index (χ1n) is 5.15. The number of rotatable bonds is 2. The molecule has 0 fully saturated rings. The molecular weight excluding hydrogens is 407 g/mol. The van der Waals surface area contributed by atoms with E-state index in [1.54, 1.807) is 24.7 Å². The van der Waals surface area contributed by atoms with Gasteiger partial charge < -0.3 is 0 Å². The van der Waals surface area contributed by atoms with Crippen molar-refractivity contribution in [3.8, 4) is 0 Å². The van der Waals surface area contributed by atoms with Gasteiger partial charge in [-0.2, -0.15) is 0 Å². The molecule has 1 aliphatic rings. The molecule has 87 valence electrons. The second-order valence-corrected chi connectivity index (χ2v) is 6.68. The van der Waals surface area contributed by atoms with Crippen LogP contribution in [-0.2, 0) is 27.8 Å². The van der Waals surface area contributed by atoms with E-state index in [1.165, 1.54) is 17.5 Å². The first-order chi connectivity index (χ1) is 6.62. The zero-order chi connectivity index (χ0) is 10.2. The molecule has 1 aromatic carbocycles. The van der Waals surface area contributed by atoms with Gasteiger partial charge in [-0.15, -0.1) is 34.0 Å². The Bertz CT molecular complexity index is 374. The van der Waals surface area contributed by atoms with Gasteiger partial charge in [0.15, 0.2) is 0 Å². The SMILES string of the molecule is Br.Br.CC(C)C[C]1([Zr])C=Cc2ccccc21. The molecule has 0 spiro atoms. The van der Waals surface area contributed by atoms with Crippen molar-refractivity contribution in [1.29, 1.82) is 0 Å². The monoisotopic (exact) mass is 421 g/mol. The molecule has 0 N–H and O–H groups in total. The summed E-state index contributed by atoms with van der Waals surface area (Å²) in [6, 6.07) is 8.79. The van der Waals surface area contributed by atoms with Gasteiger partial charge in [-0.25, -0.2) is 0 Å². The fraction of sp³-hybridized carbons (Fsp3) is 0.385. The maximum atomic E-state index is 2.40. The molecule has 3 heteroatoms. The predicted octanol–water partition coefficient (Wildman–Crippen LogP) is 4.66. The third-order valence-corrected chi connectivity index (χ3v) is 4.29. The van der Waals surface area contributed by atoms with E-state index >= 15 is 0 Å². The molecule has 16 heavy (non-hydrogen) atoms. The van der Waals surface area contributed by atoms with Crippen molar-refractivity contribution in [2.45, 2.75) is 23.4 Å². The molecular formula is C13H17Br2Zr. The summed E-state index contributed by atoms with van der Waals surface area (Å²) >= 11 is 1.61. The number of hydrogen-bond donors (Lipinski definition) is 0. The molecule has 1 unspecified atom stereocenters. The predicted molar refractivity (Wildman–Crippen MR) is 77.3 cm³/mol. The van der Waals surface area contributed by atoms with E-state index in [2.05, 4.69) is 50.3 Å². The zero-order valence-electron chi connectivity index (χ0n) is 9.57. The number of fused-ring (bicyclic) bond motifs is 1. The summed E-state index contributed by atoms with van der Waals surface area (Å²) in [6.45, 7) is 4.61. The number of allylic oxidation sites excluding steroid dienone is 1. The van der Waals surface area contributed by atoms with Crippen molar-refractivity contribution in [3.05, 3.63) is 41.5 Å². The molecule has 0 aliphatic heterocycles. The van der Waals surface area contributed by atoms with Crippen LogP contribution in [0.15, 0.2) is 30.3 Å². The van der Waals surface area contributed by atoms with Gasteiger partial charge in [0.1, 0.15) is 0 Å². The van der Waals surface area contributed by atoms with Crippen LogP contribution in [0.25, 0.3) is 6.08 Å². The molecule has 0 amide bonds. The zero-order valence-corrected chi connectivity index (χ0v) is 15.4. The van der Waals surface area contributed by atoms with Gasteiger partial charge in [0.2, 0.25) is 0 Å². The fourth-order valence-corrected chi connectivity index (χ4v) is 3.96. The Hall–Kier alpha value is 0.803. The van der Waals surface area contributed by atoms with E-state index in [0.29, 0.717) is 3.12 Å². The van der Waals surface area contributed by atoms with Crippen LogP contribution in [0.4, 0.5) is 0 Å². The fourth-order valence-electron chi connectivity index (χ4n) is 2.19. The average molecular weight is 424 g/mol. The quantitative estimate of drug-likeness (QED) is 0.648. The van der Waals surface area contributed by atoms with E-state index in [1.807, 2.05) is 0 Å². The summed E-state index contributed by atoms with van der Waals surface area (Å²) < 4.78 is 0.359. The Balaban J connectivity index is 0.00000112. The third kappa shape index (κ3) is 3.40. The van der Waals surface area contributed by atoms with E-state index in [4.69, 9.17) is 0 Å². The summed E-state index contributed by atoms with van der Waals surface area (Å²) in [5.74, 6) is 0.769. The molecule has 1 atom stereocenters. The van der Waals surface area contributed by atoms with Crippen molar-refractivity contribution in [2.75, 3.05) is 0 Å². The molecule has 1 aliphatic carbocycles. The molecule has 0 nitrogen and oxygen atoms in total. The maximum absolute atomic E-state index is 2.40. The standard InChI is InChI=1S/C13H15.2BrH.Zr/c1-10(2)9-12-8-7-11-5-3-4-6-13(11)12;;;/h3-8,10H,9H2,1-2H3;2*1H;. The van der Waals surface area contributed by atoms with Crippen LogP contribution in [0.1, 0.15) is 31.4 Å². The van der Waals surface area contributed by atoms with Crippen LogP contribution in [0, 0.1) is 5.92 Å². The Morgan fingerprint density at radius 2 is 1.81 bits per heavy atom. The first-order valence-corrected chi connectivity index (χ1v) is 6.38. The summed E-state index contributed by atoms with van der Waals surface area (Å²) in [6.07, 6.45) is 5.96. The van der Waals surface area contributed by atoms with Gasteiger partial charge in [0.25, 0.3) is 0 Å². The molecule has 2 rings (SSSR count). The van der Waals surface area contributed by atoms with Crippen LogP contribution < -0.4 is 0 Å². The van der Waals surface area contributed by atoms with E-state index in [-0.39, 0.29) is 34.0 Å². The summed E-state index contributed by atoms with van der Waals surface area (Å²) in [7, 11) is 0. The van der Waals surface area contributed by atoms with Gasteiger partial charge in [-0.05, 0) is 0 Å². The van der Waals surface area contributed by atoms with Crippen molar-refractivity contribution < 1.29 is 24.7 Å². The van der Waals surface area contributed by atoms with Crippen molar-refractivity contribution >= 4 is 40.0 Å². The van der Waals surface area contributed by atoms with Gasteiger partial charge in [-0.1, -0.05) is 0 Å². The third-order valence-electron chi connectivity index (χ3n) is 2.72. The summed E-state index contributed by atoms with van der Waals surface area (Å²) in [5, 5.41) is 0. The van der Waals surface area contributed by atoms with Crippen LogP contribution in [0.3, 0.4) is 0 Å². The van der Waals surface area contributed by atoms with E-state index in [0.717, 1.165) is 5.92 Å². The minimum atomic E-state index is 0. The second kappa shape index (κ2) is 6.66. The number of hydrogen-bond acceptors (Lipinski definition) is 0. The van der Waals surface area contributed by atoms with Gasteiger partial charge >= 0.3 is 102 Å². The molecule has 1 aromatic rings. The number of benzene rings is 1. The van der Waals surface area contributed by atoms with Crippen LogP contribution >= 0.6 is 34.0 Å². The molecule has 0 aromatic heterocycles. The molecule has 0 bridgehead atoms. The Morgan fingerprint density at radius 3 is 2.44 bits per heavy atom. The van der Waals surface area contributed by atoms with E-state index < -0.39 is 0 Å². The van der Waals surface area contributed by atoms with Crippen molar-refractivity contribution in [2.24, 2.45) is 5.92 Å². The molecule has 0 radical (unpaired) electrons. The molecule has 0 saturated carbocycles. The van der Waals surface area contributed by atoms with Gasteiger partial charge in [0, 0.05) is 0 Å². The Kier molecular flexibility index (Phi) is 6.99. The van der Waals surface area contributed by atoms with Gasteiger partial charge in [0.05, 0.1) is 0 Å². The topological polar surface area (TPSA) is 0 Å². The Morgan fingerprint density at radius 1 is 1.19 bits per heavy atom. The van der Waals surface area contributed by atoms with Crippen LogP contribution in [0.2, 0.25) is 0 Å². The summed E-state index contributed by atoms with van der Waals surface area (Å²) in [5.41, 5.74) is 2.96. The van der Waals surface area contributed by atoms with Crippen LogP contribution in [-0.4, -0.2) is 0 Å².